The molecule has 40 heavy (non-hydrogen) atoms. The lowest BCUT2D eigenvalue weighted by Crippen LogP contribution is -2.10. The van der Waals surface area contributed by atoms with E-state index in [0.29, 0.717) is 44.6 Å². The van der Waals surface area contributed by atoms with Crippen LogP contribution in [0.15, 0.2) is 72.2 Å². The maximum absolute atomic E-state index is 15.2. The zero-order valence-corrected chi connectivity index (χ0v) is 23.9. The standard InChI is InChI=1S/C30H28FN2O5PS/c1-37-26(34)11-10-18-6-4-7-19(14-18)27(35)25-17-40-30(33-25)20-8-5-9-21(15-20)38-28-23(31)16-24-22(12-13-32-24)29(28)39(2,3)36/h4-9,12-17,27,32,35H,10-11H2,1-3H3. The third-order valence-electron chi connectivity index (χ3n) is 6.49. The molecule has 7 nitrogen and oxygen atoms in total. The van der Waals surface area contributed by atoms with Gasteiger partial charge in [-0.1, -0.05) is 36.4 Å². The predicted molar refractivity (Wildman–Crippen MR) is 156 cm³/mol. The quantitative estimate of drug-likeness (QED) is 0.150. The minimum Gasteiger partial charge on any atom is -0.469 e. The number of aromatic amines is 1. The second-order valence-electron chi connectivity index (χ2n) is 9.76. The number of hydrogen-bond acceptors (Lipinski definition) is 7. The van der Waals surface area contributed by atoms with E-state index in [2.05, 4.69) is 9.97 Å². The number of aliphatic hydroxyl groups excluding tert-OH is 1. The van der Waals surface area contributed by atoms with E-state index in [1.807, 2.05) is 30.3 Å². The first kappa shape index (κ1) is 27.8. The van der Waals surface area contributed by atoms with Crippen molar-refractivity contribution in [3.8, 4) is 22.1 Å². The Kier molecular flexibility index (Phi) is 7.90. The number of rotatable bonds is 9. The van der Waals surface area contributed by atoms with E-state index in [9.17, 15) is 14.5 Å². The van der Waals surface area contributed by atoms with Gasteiger partial charge in [0.25, 0.3) is 0 Å². The first-order valence-electron chi connectivity index (χ1n) is 12.6. The van der Waals surface area contributed by atoms with Crippen LogP contribution in [0.4, 0.5) is 4.39 Å². The number of benzene rings is 3. The number of ether oxygens (including phenoxy) is 2. The van der Waals surface area contributed by atoms with Crippen molar-refractivity contribution in [2.45, 2.75) is 18.9 Å². The van der Waals surface area contributed by atoms with Crippen LogP contribution in [0.3, 0.4) is 0 Å². The van der Waals surface area contributed by atoms with Crippen molar-refractivity contribution in [1.29, 1.82) is 0 Å². The summed E-state index contributed by atoms with van der Waals surface area (Å²) in [4.78, 5) is 19.1. The Bertz CT molecular complexity index is 1740. The molecule has 0 aliphatic rings. The molecule has 206 valence electrons. The van der Waals surface area contributed by atoms with E-state index in [1.165, 1.54) is 24.5 Å². The summed E-state index contributed by atoms with van der Waals surface area (Å²) in [5.74, 6) is -0.576. The Morgan fingerprint density at radius 3 is 2.73 bits per heavy atom. The van der Waals surface area contributed by atoms with E-state index < -0.39 is 19.1 Å². The lowest BCUT2D eigenvalue weighted by Gasteiger charge is -2.17. The normalized spacial score (nSPS) is 12.4. The first-order chi connectivity index (χ1) is 19.1. The Hall–Kier alpha value is -3.78. The van der Waals surface area contributed by atoms with Gasteiger partial charge >= 0.3 is 5.97 Å². The van der Waals surface area contributed by atoms with Crippen molar-refractivity contribution in [2.75, 3.05) is 20.4 Å². The number of esters is 1. The van der Waals surface area contributed by atoms with E-state index in [0.717, 1.165) is 11.1 Å². The Morgan fingerprint density at radius 1 is 1.15 bits per heavy atom. The molecule has 0 radical (unpaired) electrons. The second-order valence-corrected chi connectivity index (χ2v) is 13.8. The summed E-state index contributed by atoms with van der Waals surface area (Å²) >= 11 is 1.37. The zero-order chi connectivity index (χ0) is 28.4. The number of fused-ring (bicyclic) bond motifs is 1. The third-order valence-corrected chi connectivity index (χ3v) is 8.92. The molecule has 0 fully saturated rings. The minimum absolute atomic E-state index is 0.0556. The average molecular weight is 579 g/mol. The van der Waals surface area contributed by atoms with E-state index in [1.54, 1.807) is 49.2 Å². The molecule has 2 aromatic heterocycles. The highest BCUT2D eigenvalue weighted by atomic mass is 32.1. The summed E-state index contributed by atoms with van der Waals surface area (Å²) in [6.45, 7) is 3.18. The molecule has 0 aliphatic heterocycles. The molecule has 1 unspecified atom stereocenters. The van der Waals surface area contributed by atoms with Crippen LogP contribution in [0.5, 0.6) is 11.5 Å². The van der Waals surface area contributed by atoms with Gasteiger partial charge in [0.05, 0.1) is 18.1 Å². The highest BCUT2D eigenvalue weighted by molar-refractivity contribution is 7.70. The second kappa shape index (κ2) is 11.4. The fourth-order valence-electron chi connectivity index (χ4n) is 4.56. The van der Waals surface area contributed by atoms with Crippen molar-refractivity contribution in [3.05, 3.63) is 94.9 Å². The Balaban J connectivity index is 1.40. The molecule has 10 heteroatoms. The average Bonchev–Trinajstić information content (AvgIpc) is 3.61. The monoisotopic (exact) mass is 578 g/mol. The number of methoxy groups -OCH3 is 1. The highest BCUT2D eigenvalue weighted by Crippen LogP contribution is 2.44. The van der Waals surface area contributed by atoms with Gasteiger partial charge in [-0.05, 0) is 49.1 Å². The van der Waals surface area contributed by atoms with Gasteiger partial charge in [-0.25, -0.2) is 9.37 Å². The molecule has 0 saturated carbocycles. The summed E-state index contributed by atoms with van der Waals surface area (Å²) in [6, 6.07) is 17.6. The SMILES string of the molecule is COC(=O)CCc1cccc(C(O)c2csc(-c3cccc(Oc4c(F)cc5[nH]ccc5c4P(C)(C)=O)c3)n2)c1. The number of aliphatic hydroxyl groups is 1. The molecular weight excluding hydrogens is 550 g/mol. The van der Waals surface area contributed by atoms with Gasteiger partial charge in [0.15, 0.2) is 11.6 Å². The highest BCUT2D eigenvalue weighted by Gasteiger charge is 2.26. The Labute approximate surface area is 235 Å². The van der Waals surface area contributed by atoms with Crippen LogP contribution < -0.4 is 10.0 Å². The lowest BCUT2D eigenvalue weighted by molar-refractivity contribution is -0.140. The number of aromatic nitrogens is 2. The molecule has 2 heterocycles. The van der Waals surface area contributed by atoms with Crippen LogP contribution in [0.1, 0.15) is 29.3 Å². The predicted octanol–water partition coefficient (Wildman–Crippen LogP) is 6.66. The summed E-state index contributed by atoms with van der Waals surface area (Å²) < 4.78 is 39.0. The molecule has 0 aliphatic carbocycles. The zero-order valence-electron chi connectivity index (χ0n) is 22.2. The van der Waals surface area contributed by atoms with Crippen LogP contribution in [-0.4, -0.2) is 41.5 Å². The molecule has 5 rings (SSSR count). The lowest BCUT2D eigenvalue weighted by atomic mass is 10.0. The Morgan fingerprint density at radius 2 is 1.95 bits per heavy atom. The van der Waals surface area contributed by atoms with Gasteiger partial charge in [-0.2, -0.15) is 0 Å². The molecule has 0 spiro atoms. The number of aryl methyl sites for hydroxylation is 1. The summed E-state index contributed by atoms with van der Waals surface area (Å²) in [5, 5.41) is 14.5. The van der Waals surface area contributed by atoms with E-state index >= 15 is 4.39 Å². The molecule has 0 saturated heterocycles. The molecule has 3 aromatic carbocycles. The van der Waals surface area contributed by atoms with E-state index in [-0.39, 0.29) is 18.1 Å². The number of halogens is 1. The van der Waals surface area contributed by atoms with Gasteiger partial charge in [-0.15, -0.1) is 11.3 Å². The molecule has 1 atom stereocenters. The fourth-order valence-corrected chi connectivity index (χ4v) is 6.81. The summed E-state index contributed by atoms with van der Waals surface area (Å²) in [6.07, 6.45) is 1.50. The molecule has 0 amide bonds. The smallest absolute Gasteiger partial charge is 0.305 e. The van der Waals surface area contributed by atoms with Crippen molar-refractivity contribution in [2.24, 2.45) is 0 Å². The number of hydrogen-bond donors (Lipinski definition) is 2. The number of nitrogens with zero attached hydrogens (tertiary/aromatic N) is 1. The van der Waals surface area contributed by atoms with Crippen LogP contribution >= 0.6 is 18.5 Å². The number of carbonyl (C=O) groups is 1. The fraction of sp³-hybridized carbons (Fsp3) is 0.200. The van der Waals surface area contributed by atoms with Crippen LogP contribution in [0.2, 0.25) is 0 Å². The summed E-state index contributed by atoms with van der Waals surface area (Å²) in [5.41, 5.74) is 3.35. The largest absolute Gasteiger partial charge is 0.469 e. The van der Waals surface area contributed by atoms with Gasteiger partial charge in [0.2, 0.25) is 0 Å². The molecular formula is C30H28FN2O5PS. The number of nitrogens with one attached hydrogen (secondary N) is 1. The van der Waals surface area contributed by atoms with Crippen molar-refractivity contribution < 1.29 is 28.3 Å². The number of thiazole rings is 1. The first-order valence-corrected chi connectivity index (χ1v) is 16.0. The van der Waals surface area contributed by atoms with Gasteiger partial charge in [-0.3, -0.25) is 4.79 Å². The number of H-pyrrole nitrogens is 1. The van der Waals surface area contributed by atoms with Gasteiger partial charge < -0.3 is 24.1 Å². The molecule has 2 N–H and O–H groups in total. The van der Waals surface area contributed by atoms with Crippen LogP contribution in [0, 0.1) is 5.82 Å². The third kappa shape index (κ3) is 5.87. The maximum atomic E-state index is 15.2. The minimum atomic E-state index is -2.90. The molecule has 5 aromatic rings. The topological polar surface area (TPSA) is 102 Å². The number of carbonyl (C=O) groups excluding carboxylic acids is 1. The van der Waals surface area contributed by atoms with Crippen molar-refractivity contribution in [3.63, 3.8) is 0 Å². The van der Waals surface area contributed by atoms with Gasteiger partial charge in [0.1, 0.15) is 24.0 Å². The van der Waals surface area contributed by atoms with Crippen molar-refractivity contribution >= 4 is 40.7 Å². The van der Waals surface area contributed by atoms with E-state index in [4.69, 9.17) is 9.47 Å². The van der Waals surface area contributed by atoms with Gasteiger partial charge in [0, 0.05) is 40.5 Å². The summed E-state index contributed by atoms with van der Waals surface area (Å²) in [7, 11) is -1.54. The van der Waals surface area contributed by atoms with Crippen molar-refractivity contribution in [1.82, 2.24) is 9.97 Å². The molecule has 0 bridgehead atoms. The van der Waals surface area contributed by atoms with Crippen LogP contribution in [0.25, 0.3) is 21.5 Å². The maximum Gasteiger partial charge on any atom is 0.305 e. The van der Waals surface area contributed by atoms with Crippen LogP contribution in [-0.2, 0) is 20.5 Å².